The minimum Gasteiger partial charge on any atom is -0.508 e. The summed E-state index contributed by atoms with van der Waals surface area (Å²) in [7, 11) is 0. The topological polar surface area (TPSA) is 41.9 Å². The molecule has 1 aliphatic heterocycles. The molecular formula is C28H29NO3S. The van der Waals surface area contributed by atoms with Gasteiger partial charge in [0.2, 0.25) is 0 Å². The van der Waals surface area contributed by atoms with Crippen LogP contribution in [0.1, 0.15) is 24.1 Å². The van der Waals surface area contributed by atoms with Gasteiger partial charge < -0.3 is 14.6 Å². The van der Waals surface area contributed by atoms with Crippen molar-refractivity contribution < 1.29 is 14.6 Å². The molecule has 0 spiro atoms. The van der Waals surface area contributed by atoms with Gasteiger partial charge in [-0.25, -0.2) is 0 Å². The van der Waals surface area contributed by atoms with E-state index in [9.17, 15) is 5.11 Å². The molecule has 0 saturated carbocycles. The number of aryl methyl sites for hydroxylation is 1. The number of aromatic hydroxyl groups is 1. The summed E-state index contributed by atoms with van der Waals surface area (Å²) in [6.07, 6.45) is 3.95. The van der Waals surface area contributed by atoms with Crippen LogP contribution in [0.3, 0.4) is 0 Å². The third-order valence-corrected chi connectivity index (χ3v) is 7.16. The Bertz CT molecular complexity index is 1230. The molecule has 5 heteroatoms. The Morgan fingerprint density at radius 1 is 0.879 bits per heavy atom. The maximum absolute atomic E-state index is 9.93. The van der Waals surface area contributed by atoms with Crippen molar-refractivity contribution >= 4 is 22.1 Å². The van der Waals surface area contributed by atoms with Crippen LogP contribution in [0, 0.1) is 6.92 Å². The van der Waals surface area contributed by atoms with Crippen molar-refractivity contribution in [2.24, 2.45) is 0 Å². The lowest BCUT2D eigenvalue weighted by Gasteiger charge is -2.26. The molecule has 5 rings (SSSR count). The summed E-state index contributed by atoms with van der Waals surface area (Å²) < 4.78 is 12.4. The number of phenols is 1. The molecule has 170 valence electrons. The number of rotatable bonds is 7. The average Bonchev–Trinajstić information content (AvgIpc) is 3.27. The maximum atomic E-state index is 9.93. The Morgan fingerprint density at radius 3 is 2.42 bits per heavy atom. The van der Waals surface area contributed by atoms with Crippen LogP contribution in [0.15, 0.2) is 66.7 Å². The standard InChI is InChI=1S/C28H29NO3S/c1-20-5-14-27(33-20)26-12-6-21-19-22(30)7-13-25(21)28(26)32-24-10-8-23(9-11-24)31-18-17-29-15-3-2-4-16-29/h5-14,19,30H,2-4,15-18H2,1H3. The van der Waals surface area contributed by atoms with Gasteiger partial charge in [-0.1, -0.05) is 12.5 Å². The van der Waals surface area contributed by atoms with Gasteiger partial charge >= 0.3 is 0 Å². The van der Waals surface area contributed by atoms with Crippen LogP contribution in [-0.4, -0.2) is 36.2 Å². The molecule has 4 nitrogen and oxygen atoms in total. The van der Waals surface area contributed by atoms with Gasteiger partial charge in [0.05, 0.1) is 0 Å². The predicted octanol–water partition coefficient (Wildman–Crippen LogP) is 7.24. The van der Waals surface area contributed by atoms with E-state index < -0.39 is 0 Å². The fourth-order valence-electron chi connectivity index (χ4n) is 4.37. The van der Waals surface area contributed by atoms with Crippen molar-refractivity contribution in [1.29, 1.82) is 0 Å². The van der Waals surface area contributed by atoms with E-state index in [4.69, 9.17) is 9.47 Å². The molecule has 0 atom stereocenters. The molecule has 2 heterocycles. The number of piperidine rings is 1. The second-order valence-corrected chi connectivity index (χ2v) is 9.87. The van der Waals surface area contributed by atoms with E-state index >= 15 is 0 Å². The van der Waals surface area contributed by atoms with Crippen molar-refractivity contribution in [2.45, 2.75) is 26.2 Å². The SMILES string of the molecule is Cc1ccc(-c2ccc3cc(O)ccc3c2Oc2ccc(OCCN3CCCCC3)cc2)s1. The zero-order valence-electron chi connectivity index (χ0n) is 18.9. The molecule has 3 aromatic carbocycles. The first-order valence-electron chi connectivity index (χ1n) is 11.6. The van der Waals surface area contributed by atoms with E-state index in [1.54, 1.807) is 23.5 Å². The van der Waals surface area contributed by atoms with Gasteiger partial charge in [0.15, 0.2) is 0 Å². The predicted molar refractivity (Wildman–Crippen MR) is 136 cm³/mol. The van der Waals surface area contributed by atoms with Crippen molar-refractivity contribution in [3.05, 3.63) is 71.6 Å². The second-order valence-electron chi connectivity index (χ2n) is 8.58. The molecule has 0 amide bonds. The zero-order valence-corrected chi connectivity index (χ0v) is 19.7. The Kier molecular flexibility index (Phi) is 6.51. The van der Waals surface area contributed by atoms with Gasteiger partial charge in [-0.15, -0.1) is 11.3 Å². The normalized spacial score (nSPS) is 14.5. The van der Waals surface area contributed by atoms with E-state index in [0.717, 1.165) is 45.0 Å². The molecule has 1 N–H and O–H groups in total. The molecule has 0 radical (unpaired) electrons. The number of hydrogen-bond donors (Lipinski definition) is 1. The molecule has 33 heavy (non-hydrogen) atoms. The summed E-state index contributed by atoms with van der Waals surface area (Å²) in [6.45, 7) is 6.16. The van der Waals surface area contributed by atoms with E-state index in [0.29, 0.717) is 6.61 Å². The lowest BCUT2D eigenvalue weighted by molar-refractivity contribution is 0.183. The number of likely N-dealkylation sites (tertiary alicyclic amines) is 1. The molecule has 0 bridgehead atoms. The van der Waals surface area contributed by atoms with Crippen LogP contribution in [0.25, 0.3) is 21.2 Å². The molecule has 1 fully saturated rings. The monoisotopic (exact) mass is 459 g/mol. The minimum absolute atomic E-state index is 0.249. The number of thiophene rings is 1. The van der Waals surface area contributed by atoms with Gasteiger partial charge in [0, 0.05) is 27.2 Å². The third-order valence-electron chi connectivity index (χ3n) is 6.13. The highest BCUT2D eigenvalue weighted by Gasteiger charge is 2.15. The highest BCUT2D eigenvalue weighted by molar-refractivity contribution is 7.15. The minimum atomic E-state index is 0.249. The fourth-order valence-corrected chi connectivity index (χ4v) is 5.26. The molecule has 0 aliphatic carbocycles. The highest BCUT2D eigenvalue weighted by Crippen LogP contribution is 2.42. The largest absolute Gasteiger partial charge is 0.508 e. The smallest absolute Gasteiger partial charge is 0.143 e. The molecule has 0 unspecified atom stereocenters. The van der Waals surface area contributed by atoms with E-state index in [1.165, 1.54) is 37.2 Å². The van der Waals surface area contributed by atoms with Crippen LogP contribution in [-0.2, 0) is 0 Å². The van der Waals surface area contributed by atoms with Gasteiger partial charge in [0.25, 0.3) is 0 Å². The van der Waals surface area contributed by atoms with E-state index in [-0.39, 0.29) is 5.75 Å². The first-order chi connectivity index (χ1) is 16.2. The van der Waals surface area contributed by atoms with Crippen molar-refractivity contribution in [3.63, 3.8) is 0 Å². The lowest BCUT2D eigenvalue weighted by atomic mass is 10.0. The molecular weight excluding hydrogens is 430 g/mol. The Labute approximate surface area is 199 Å². The molecule has 1 saturated heterocycles. The van der Waals surface area contributed by atoms with Crippen LogP contribution < -0.4 is 9.47 Å². The lowest BCUT2D eigenvalue weighted by Crippen LogP contribution is -2.33. The van der Waals surface area contributed by atoms with E-state index in [2.05, 4.69) is 30.0 Å². The number of phenolic OH excluding ortho intramolecular Hbond substituents is 1. The van der Waals surface area contributed by atoms with Gasteiger partial charge in [0.1, 0.15) is 29.6 Å². The third kappa shape index (κ3) is 5.15. The first kappa shape index (κ1) is 21.8. The van der Waals surface area contributed by atoms with Gasteiger partial charge in [-0.2, -0.15) is 0 Å². The summed E-state index contributed by atoms with van der Waals surface area (Å²) in [4.78, 5) is 4.90. The molecule has 1 aromatic heterocycles. The Balaban J connectivity index is 1.35. The summed E-state index contributed by atoms with van der Waals surface area (Å²) >= 11 is 1.75. The van der Waals surface area contributed by atoms with Crippen LogP contribution in [0.2, 0.25) is 0 Å². The van der Waals surface area contributed by atoms with Crippen molar-refractivity contribution in [2.75, 3.05) is 26.2 Å². The van der Waals surface area contributed by atoms with Crippen LogP contribution >= 0.6 is 11.3 Å². The van der Waals surface area contributed by atoms with E-state index in [1.807, 2.05) is 36.4 Å². The van der Waals surface area contributed by atoms with Crippen LogP contribution in [0.4, 0.5) is 0 Å². The fraction of sp³-hybridized carbons (Fsp3) is 0.286. The number of fused-ring (bicyclic) bond motifs is 1. The summed E-state index contributed by atoms with van der Waals surface area (Å²) in [5.41, 5.74) is 1.05. The number of benzene rings is 3. The number of ether oxygens (including phenoxy) is 2. The Hall–Kier alpha value is -3.02. The number of hydrogen-bond acceptors (Lipinski definition) is 5. The molecule has 1 aliphatic rings. The summed E-state index contributed by atoms with van der Waals surface area (Å²) in [5.74, 6) is 2.66. The van der Waals surface area contributed by atoms with Crippen molar-refractivity contribution in [1.82, 2.24) is 4.90 Å². The Morgan fingerprint density at radius 2 is 1.67 bits per heavy atom. The van der Waals surface area contributed by atoms with Crippen molar-refractivity contribution in [3.8, 4) is 33.4 Å². The highest BCUT2D eigenvalue weighted by atomic mass is 32.1. The summed E-state index contributed by atoms with van der Waals surface area (Å²) in [5, 5.41) is 11.8. The van der Waals surface area contributed by atoms with Gasteiger partial charge in [-0.05, 0) is 98.9 Å². The first-order valence-corrected chi connectivity index (χ1v) is 12.4. The zero-order chi connectivity index (χ0) is 22.6. The average molecular weight is 460 g/mol. The van der Waals surface area contributed by atoms with Gasteiger partial charge in [-0.3, -0.25) is 4.90 Å². The molecule has 4 aromatic rings. The second kappa shape index (κ2) is 9.86. The number of nitrogens with zero attached hydrogens (tertiary/aromatic N) is 1. The van der Waals surface area contributed by atoms with Crippen LogP contribution in [0.5, 0.6) is 23.0 Å². The quantitative estimate of drug-likeness (QED) is 0.316. The summed E-state index contributed by atoms with van der Waals surface area (Å²) in [6, 6.07) is 21.6. The maximum Gasteiger partial charge on any atom is 0.143 e.